The fourth-order valence-corrected chi connectivity index (χ4v) is 1.95. The maximum atomic E-state index is 13.0. The Hall–Kier alpha value is -2.94. The molecule has 0 aliphatic rings. The Bertz CT molecular complexity index is 858. The monoisotopic (exact) mass is 316 g/mol. The van der Waals surface area contributed by atoms with Gasteiger partial charge in [-0.05, 0) is 36.5 Å². The highest BCUT2D eigenvalue weighted by Gasteiger charge is 2.13. The van der Waals surface area contributed by atoms with Crippen LogP contribution in [0.3, 0.4) is 0 Å². The number of benzene rings is 1. The summed E-state index contributed by atoms with van der Waals surface area (Å²) in [5, 5.41) is 6.61. The summed E-state index contributed by atoms with van der Waals surface area (Å²) in [4.78, 5) is 19.8. The second-order valence-electron chi connectivity index (χ2n) is 4.23. The van der Waals surface area contributed by atoms with Gasteiger partial charge in [0, 0.05) is 18.0 Å². The number of carbonyl (C=O) groups excluding carboxylic acids is 1. The van der Waals surface area contributed by atoms with Crippen molar-refractivity contribution < 1.29 is 9.18 Å². The molecule has 2 aromatic heterocycles. The maximum Gasteiger partial charge on any atom is 0.290 e. The Morgan fingerprint density at radius 2 is 2.05 bits per heavy atom. The lowest BCUT2D eigenvalue weighted by Gasteiger charge is -2.08. The normalized spacial score (nSPS) is 10.4. The van der Waals surface area contributed by atoms with Gasteiger partial charge in [-0.2, -0.15) is 5.10 Å². The number of nitrogens with zero attached hydrogens (tertiary/aromatic N) is 4. The third-order valence-corrected chi connectivity index (χ3v) is 3.06. The summed E-state index contributed by atoms with van der Waals surface area (Å²) in [7, 11) is 0. The number of aromatic amines is 1. The van der Waals surface area contributed by atoms with E-state index in [1.807, 2.05) is 0 Å². The molecule has 0 saturated heterocycles. The summed E-state index contributed by atoms with van der Waals surface area (Å²) in [5.74, 6) is -0.510. The first-order valence-corrected chi connectivity index (χ1v) is 6.57. The molecule has 9 heteroatoms. The van der Waals surface area contributed by atoms with Crippen molar-refractivity contribution in [3.63, 3.8) is 0 Å². The number of nitrogens with one attached hydrogen (secondary N) is 2. The molecule has 0 unspecified atom stereocenters. The van der Waals surface area contributed by atoms with Gasteiger partial charge < -0.3 is 0 Å². The third-order valence-electron chi connectivity index (χ3n) is 2.78. The summed E-state index contributed by atoms with van der Waals surface area (Å²) in [6.45, 7) is 0. The van der Waals surface area contributed by atoms with Crippen molar-refractivity contribution in [2.75, 3.05) is 5.43 Å². The molecule has 7 nitrogen and oxygen atoms in total. The molecule has 0 atom stereocenters. The van der Waals surface area contributed by atoms with Crippen LogP contribution in [0.4, 0.5) is 4.39 Å². The van der Waals surface area contributed by atoms with Gasteiger partial charge in [-0.25, -0.2) is 19.1 Å². The van der Waals surface area contributed by atoms with Gasteiger partial charge in [-0.3, -0.25) is 15.2 Å². The van der Waals surface area contributed by atoms with E-state index in [0.717, 1.165) is 0 Å². The minimum absolute atomic E-state index is 0.135. The van der Waals surface area contributed by atoms with Gasteiger partial charge in [0.05, 0.1) is 6.20 Å². The first-order chi connectivity index (χ1) is 10.6. The summed E-state index contributed by atoms with van der Waals surface area (Å²) in [5.41, 5.74) is 3.30. The number of aromatic nitrogens is 5. The maximum absolute atomic E-state index is 13.0. The van der Waals surface area contributed by atoms with Crippen LogP contribution in [-0.4, -0.2) is 30.7 Å². The molecule has 0 spiro atoms. The molecule has 0 bridgehead atoms. The molecule has 0 aliphatic heterocycles. The van der Waals surface area contributed by atoms with Crippen LogP contribution in [0, 0.1) is 10.6 Å². The first-order valence-electron chi connectivity index (χ1n) is 6.16. The molecular weight excluding hydrogens is 307 g/mol. The summed E-state index contributed by atoms with van der Waals surface area (Å²) < 4.78 is 14.5. The minimum atomic E-state index is -0.492. The van der Waals surface area contributed by atoms with Crippen LogP contribution in [0.5, 0.6) is 0 Å². The third kappa shape index (κ3) is 2.74. The Morgan fingerprint density at radius 1 is 1.27 bits per heavy atom. The number of halogens is 1. The lowest BCUT2D eigenvalue weighted by molar-refractivity contribution is 0.100. The molecule has 3 aromatic rings. The number of carbonyl (C=O) groups is 1. The van der Waals surface area contributed by atoms with Crippen LogP contribution in [0.25, 0.3) is 11.4 Å². The van der Waals surface area contributed by atoms with Crippen LogP contribution in [0.1, 0.15) is 10.5 Å². The van der Waals surface area contributed by atoms with Gasteiger partial charge in [0.25, 0.3) is 5.91 Å². The lowest BCUT2D eigenvalue weighted by Crippen LogP contribution is -2.24. The van der Waals surface area contributed by atoms with Gasteiger partial charge >= 0.3 is 0 Å². The van der Waals surface area contributed by atoms with Crippen molar-refractivity contribution in [3.05, 3.63) is 59.1 Å². The van der Waals surface area contributed by atoms with E-state index in [9.17, 15) is 9.18 Å². The highest BCUT2D eigenvalue weighted by Crippen LogP contribution is 2.16. The smallest absolute Gasteiger partial charge is 0.266 e. The second-order valence-corrected chi connectivity index (χ2v) is 4.61. The van der Waals surface area contributed by atoms with Gasteiger partial charge in [-0.15, -0.1) is 0 Å². The van der Waals surface area contributed by atoms with E-state index in [1.165, 1.54) is 47.5 Å². The van der Waals surface area contributed by atoms with E-state index in [4.69, 9.17) is 12.2 Å². The van der Waals surface area contributed by atoms with E-state index >= 15 is 0 Å². The van der Waals surface area contributed by atoms with Crippen LogP contribution in [0.15, 0.2) is 42.9 Å². The zero-order valence-corrected chi connectivity index (χ0v) is 11.8. The fraction of sp³-hybridized carbons (Fsp3) is 0. The SMILES string of the molecule is O=C(Nn1c(-c2ccc(F)cc2)n[nH]c1=S)c1cnccn1. The average Bonchev–Trinajstić information content (AvgIpc) is 2.90. The van der Waals surface area contributed by atoms with E-state index in [2.05, 4.69) is 25.6 Å². The number of H-pyrrole nitrogens is 1. The average molecular weight is 316 g/mol. The largest absolute Gasteiger partial charge is 0.290 e. The number of hydrogen-bond donors (Lipinski definition) is 2. The summed E-state index contributed by atoms with van der Waals surface area (Å²) >= 11 is 5.09. The Labute approximate surface area is 128 Å². The van der Waals surface area contributed by atoms with Gasteiger partial charge in [-0.1, -0.05) is 0 Å². The predicted molar refractivity (Wildman–Crippen MR) is 78.5 cm³/mol. The van der Waals surface area contributed by atoms with Crippen molar-refractivity contribution in [1.82, 2.24) is 24.8 Å². The zero-order chi connectivity index (χ0) is 15.5. The molecule has 2 N–H and O–H groups in total. The number of hydrogen-bond acceptors (Lipinski definition) is 5. The molecule has 1 aromatic carbocycles. The molecule has 2 heterocycles. The van der Waals surface area contributed by atoms with Crippen molar-refractivity contribution in [3.8, 4) is 11.4 Å². The quantitative estimate of drug-likeness (QED) is 0.721. The molecule has 0 radical (unpaired) electrons. The highest BCUT2D eigenvalue weighted by atomic mass is 32.1. The Morgan fingerprint density at radius 3 is 2.73 bits per heavy atom. The molecule has 22 heavy (non-hydrogen) atoms. The first kappa shape index (κ1) is 14.0. The Kier molecular flexibility index (Phi) is 3.71. The second kappa shape index (κ2) is 5.82. The van der Waals surface area contributed by atoms with Crippen molar-refractivity contribution in [1.29, 1.82) is 0 Å². The molecule has 3 rings (SSSR count). The van der Waals surface area contributed by atoms with E-state index < -0.39 is 5.91 Å². The molecule has 0 fully saturated rings. The molecule has 0 saturated carbocycles. The van der Waals surface area contributed by atoms with Crippen molar-refractivity contribution in [2.24, 2.45) is 0 Å². The van der Waals surface area contributed by atoms with E-state index in [0.29, 0.717) is 11.4 Å². The predicted octanol–water partition coefficient (Wildman–Crippen LogP) is 1.92. The molecule has 0 aliphatic carbocycles. The summed E-state index contributed by atoms with van der Waals surface area (Å²) in [6.07, 6.45) is 4.20. The van der Waals surface area contributed by atoms with E-state index in [1.54, 1.807) is 0 Å². The van der Waals surface area contributed by atoms with Gasteiger partial charge in [0.15, 0.2) is 5.82 Å². The summed E-state index contributed by atoms with van der Waals surface area (Å²) in [6, 6.07) is 5.65. The lowest BCUT2D eigenvalue weighted by atomic mass is 10.2. The molecule has 110 valence electrons. The standard InChI is InChI=1S/C13H9FN6OS/c14-9-3-1-8(2-4-9)11-17-18-13(22)20(11)19-12(21)10-7-15-5-6-16-10/h1-7H,(H,18,22)(H,19,21). The van der Waals surface area contributed by atoms with Crippen LogP contribution >= 0.6 is 12.2 Å². The van der Waals surface area contributed by atoms with Gasteiger partial charge in [0.2, 0.25) is 4.77 Å². The zero-order valence-electron chi connectivity index (χ0n) is 11.0. The molecule has 1 amide bonds. The van der Waals surface area contributed by atoms with Crippen LogP contribution in [-0.2, 0) is 0 Å². The van der Waals surface area contributed by atoms with Crippen LogP contribution in [0.2, 0.25) is 0 Å². The number of amides is 1. The Balaban J connectivity index is 1.95. The minimum Gasteiger partial charge on any atom is -0.266 e. The molecular formula is C13H9FN6OS. The van der Waals surface area contributed by atoms with Crippen molar-refractivity contribution in [2.45, 2.75) is 0 Å². The highest BCUT2D eigenvalue weighted by molar-refractivity contribution is 7.71. The topological polar surface area (TPSA) is 88.5 Å². The van der Waals surface area contributed by atoms with Crippen LogP contribution < -0.4 is 5.43 Å². The fourth-order valence-electron chi connectivity index (χ4n) is 1.77. The van der Waals surface area contributed by atoms with E-state index in [-0.39, 0.29) is 16.3 Å². The number of rotatable bonds is 3. The van der Waals surface area contributed by atoms with Crippen molar-refractivity contribution >= 4 is 18.1 Å². The van der Waals surface area contributed by atoms with Gasteiger partial charge in [0.1, 0.15) is 11.5 Å².